The summed E-state index contributed by atoms with van der Waals surface area (Å²) in [5, 5.41) is 1.52. The molecule has 0 unspecified atom stereocenters. The number of fused-ring (bicyclic) bond motifs is 1. The zero-order valence-electron chi connectivity index (χ0n) is 6.59. The van der Waals surface area contributed by atoms with Crippen molar-refractivity contribution < 1.29 is 4.39 Å². The van der Waals surface area contributed by atoms with Crippen LogP contribution in [-0.2, 0) is 0 Å². The number of nitrogens with zero attached hydrogens (tertiary/aromatic N) is 1. The lowest BCUT2D eigenvalue weighted by Crippen LogP contribution is -1.91. The fraction of sp³-hybridized carbons (Fsp3) is 0. The molecule has 0 saturated carbocycles. The van der Waals surface area contributed by atoms with Crippen molar-refractivity contribution in [2.75, 3.05) is 5.73 Å². The minimum absolute atomic E-state index is 0.327. The van der Waals surface area contributed by atoms with Gasteiger partial charge in [0.1, 0.15) is 11.6 Å². The molecule has 2 N–H and O–H groups in total. The summed E-state index contributed by atoms with van der Waals surface area (Å²) in [5.41, 5.74) is 5.58. The zero-order valence-corrected chi connectivity index (χ0v) is 8.18. The van der Waals surface area contributed by atoms with Gasteiger partial charge in [-0.1, -0.05) is 0 Å². The highest BCUT2D eigenvalue weighted by atomic mass is 79.9. The van der Waals surface area contributed by atoms with Gasteiger partial charge in [0.05, 0.1) is 4.47 Å². The Balaban J connectivity index is 2.89. The molecule has 0 saturated heterocycles. The van der Waals surface area contributed by atoms with Gasteiger partial charge in [0.25, 0.3) is 0 Å². The summed E-state index contributed by atoms with van der Waals surface area (Å²) in [6, 6.07) is 4.85. The molecule has 13 heavy (non-hydrogen) atoms. The van der Waals surface area contributed by atoms with Crippen LogP contribution in [0.4, 0.5) is 10.2 Å². The van der Waals surface area contributed by atoms with Crippen molar-refractivity contribution in [3.8, 4) is 0 Å². The van der Waals surface area contributed by atoms with Crippen LogP contribution in [0, 0.1) is 5.82 Å². The van der Waals surface area contributed by atoms with Gasteiger partial charge in [-0.2, -0.15) is 0 Å². The van der Waals surface area contributed by atoms with E-state index in [4.69, 9.17) is 5.73 Å². The summed E-state index contributed by atoms with van der Waals surface area (Å²) < 4.78 is 13.5. The van der Waals surface area contributed by atoms with E-state index < -0.39 is 0 Å². The van der Waals surface area contributed by atoms with E-state index in [2.05, 4.69) is 20.9 Å². The third kappa shape index (κ3) is 1.37. The first-order chi connectivity index (χ1) is 6.18. The highest BCUT2D eigenvalue weighted by Gasteiger charge is 2.04. The summed E-state index contributed by atoms with van der Waals surface area (Å²) >= 11 is 3.10. The Morgan fingerprint density at radius 3 is 2.92 bits per heavy atom. The molecular weight excluding hydrogens is 235 g/mol. The first kappa shape index (κ1) is 8.44. The summed E-state index contributed by atoms with van der Waals surface area (Å²) in [6.07, 6.45) is 1.60. The molecule has 0 radical (unpaired) electrons. The van der Waals surface area contributed by atoms with E-state index in [-0.39, 0.29) is 5.82 Å². The van der Waals surface area contributed by atoms with E-state index in [0.29, 0.717) is 15.7 Å². The number of halogens is 2. The lowest BCUT2D eigenvalue weighted by molar-refractivity contribution is 0.623. The maximum Gasteiger partial charge on any atom is 0.138 e. The number of nitrogens with two attached hydrogens (primary N) is 1. The van der Waals surface area contributed by atoms with Crippen LogP contribution in [0.3, 0.4) is 0 Å². The van der Waals surface area contributed by atoms with E-state index in [1.54, 1.807) is 18.3 Å². The number of anilines is 1. The topological polar surface area (TPSA) is 38.9 Å². The molecule has 2 rings (SSSR count). The Kier molecular flexibility index (Phi) is 1.92. The normalized spacial score (nSPS) is 10.6. The predicted molar refractivity (Wildman–Crippen MR) is 53.8 cm³/mol. The molecular formula is C9H6BrFN2. The Morgan fingerprint density at radius 2 is 2.15 bits per heavy atom. The van der Waals surface area contributed by atoms with Crippen LogP contribution in [0.2, 0.25) is 0 Å². The minimum Gasteiger partial charge on any atom is -0.383 e. The molecule has 66 valence electrons. The van der Waals surface area contributed by atoms with Crippen LogP contribution in [0.25, 0.3) is 10.8 Å². The number of benzene rings is 1. The van der Waals surface area contributed by atoms with Crippen LogP contribution in [-0.4, -0.2) is 4.98 Å². The smallest absolute Gasteiger partial charge is 0.138 e. The number of hydrogen-bond donors (Lipinski definition) is 1. The lowest BCUT2D eigenvalue weighted by atomic mass is 10.1. The standard InChI is InChI=1S/C9H6BrFN2/c10-7-3-5-1-2-13-9(12)6(5)4-8(7)11/h1-4H,(H2,12,13). The van der Waals surface area contributed by atoms with Crippen molar-refractivity contribution in [3.05, 3.63) is 34.7 Å². The van der Waals surface area contributed by atoms with Gasteiger partial charge in [-0.15, -0.1) is 0 Å². The predicted octanol–water partition coefficient (Wildman–Crippen LogP) is 2.72. The van der Waals surface area contributed by atoms with Gasteiger partial charge >= 0.3 is 0 Å². The van der Waals surface area contributed by atoms with Crippen LogP contribution in [0.1, 0.15) is 0 Å². The molecule has 0 aliphatic heterocycles. The summed E-state index contributed by atoms with van der Waals surface area (Å²) in [6.45, 7) is 0. The summed E-state index contributed by atoms with van der Waals surface area (Å²) in [4.78, 5) is 3.87. The Morgan fingerprint density at radius 1 is 1.38 bits per heavy atom. The van der Waals surface area contributed by atoms with Crippen molar-refractivity contribution in [1.82, 2.24) is 4.98 Å². The second-order valence-corrected chi connectivity index (χ2v) is 3.54. The first-order valence-corrected chi connectivity index (χ1v) is 4.47. The molecule has 2 nitrogen and oxygen atoms in total. The zero-order chi connectivity index (χ0) is 9.42. The highest BCUT2D eigenvalue weighted by molar-refractivity contribution is 9.10. The fourth-order valence-electron chi connectivity index (χ4n) is 1.19. The van der Waals surface area contributed by atoms with E-state index in [0.717, 1.165) is 5.39 Å². The first-order valence-electron chi connectivity index (χ1n) is 3.68. The number of rotatable bonds is 0. The number of aromatic nitrogens is 1. The van der Waals surface area contributed by atoms with E-state index >= 15 is 0 Å². The van der Waals surface area contributed by atoms with Crippen LogP contribution in [0.15, 0.2) is 28.9 Å². The van der Waals surface area contributed by atoms with Gasteiger partial charge in [0, 0.05) is 11.6 Å². The van der Waals surface area contributed by atoms with E-state index in [9.17, 15) is 4.39 Å². The van der Waals surface area contributed by atoms with Crippen molar-refractivity contribution >= 4 is 32.5 Å². The third-order valence-corrected chi connectivity index (χ3v) is 2.44. The summed E-state index contributed by atoms with van der Waals surface area (Å²) in [5.74, 6) is 0.0242. The maximum atomic E-state index is 13.1. The SMILES string of the molecule is Nc1nccc2cc(Br)c(F)cc12. The minimum atomic E-state index is -0.327. The van der Waals surface area contributed by atoms with Gasteiger partial charge in [0.2, 0.25) is 0 Å². The molecule has 0 bridgehead atoms. The lowest BCUT2D eigenvalue weighted by Gasteiger charge is -2.01. The maximum absolute atomic E-state index is 13.1. The van der Waals surface area contributed by atoms with Gasteiger partial charge in [0.15, 0.2) is 0 Å². The Labute approximate surface area is 82.7 Å². The monoisotopic (exact) mass is 240 g/mol. The van der Waals surface area contributed by atoms with E-state index in [1.165, 1.54) is 6.07 Å². The van der Waals surface area contributed by atoms with Crippen molar-refractivity contribution in [1.29, 1.82) is 0 Å². The van der Waals surface area contributed by atoms with Crippen LogP contribution < -0.4 is 5.73 Å². The molecule has 1 aromatic carbocycles. The molecule has 0 atom stereocenters. The molecule has 1 heterocycles. The average Bonchev–Trinajstić information content (AvgIpc) is 2.09. The van der Waals surface area contributed by atoms with Crippen LogP contribution in [0.5, 0.6) is 0 Å². The summed E-state index contributed by atoms with van der Waals surface area (Å²) in [7, 11) is 0. The Hall–Kier alpha value is -1.16. The van der Waals surface area contributed by atoms with Crippen molar-refractivity contribution in [2.45, 2.75) is 0 Å². The van der Waals surface area contributed by atoms with Gasteiger partial charge < -0.3 is 5.73 Å². The molecule has 0 aliphatic rings. The van der Waals surface area contributed by atoms with Crippen molar-refractivity contribution in [2.24, 2.45) is 0 Å². The fourth-order valence-corrected chi connectivity index (χ4v) is 1.55. The van der Waals surface area contributed by atoms with Crippen LogP contribution >= 0.6 is 15.9 Å². The van der Waals surface area contributed by atoms with Gasteiger partial charge in [-0.05, 0) is 39.5 Å². The molecule has 1 aromatic heterocycles. The molecule has 2 aromatic rings. The number of hydrogen-bond acceptors (Lipinski definition) is 2. The van der Waals surface area contributed by atoms with Crippen molar-refractivity contribution in [3.63, 3.8) is 0 Å². The quantitative estimate of drug-likeness (QED) is 0.770. The second-order valence-electron chi connectivity index (χ2n) is 2.68. The molecule has 0 aliphatic carbocycles. The second kappa shape index (κ2) is 2.96. The average molecular weight is 241 g/mol. The number of nitrogen functional groups attached to an aromatic ring is 1. The Bertz CT molecular complexity index is 470. The molecule has 4 heteroatoms. The molecule has 0 fully saturated rings. The van der Waals surface area contributed by atoms with Gasteiger partial charge in [-0.25, -0.2) is 9.37 Å². The molecule has 0 spiro atoms. The highest BCUT2D eigenvalue weighted by Crippen LogP contribution is 2.25. The number of pyridine rings is 1. The van der Waals surface area contributed by atoms with E-state index in [1.807, 2.05) is 0 Å². The largest absolute Gasteiger partial charge is 0.383 e. The molecule has 0 amide bonds. The third-order valence-electron chi connectivity index (χ3n) is 1.84. The van der Waals surface area contributed by atoms with Gasteiger partial charge in [-0.3, -0.25) is 0 Å².